The molecule has 0 unspecified atom stereocenters. The van der Waals surface area contributed by atoms with Crippen LogP contribution in [0.1, 0.15) is 36.7 Å². The first-order valence-corrected chi connectivity index (χ1v) is 8.99. The van der Waals surface area contributed by atoms with Crippen molar-refractivity contribution in [3.63, 3.8) is 0 Å². The number of carbonyl (C=O) groups excluding carboxylic acids is 1. The molecule has 0 aliphatic carbocycles. The lowest BCUT2D eigenvalue weighted by molar-refractivity contribution is -0.117. The highest BCUT2D eigenvalue weighted by molar-refractivity contribution is 5.95. The number of carbonyl (C=O) groups is 1. The average Bonchev–Trinajstić information content (AvgIpc) is 3.22. The molecule has 3 aromatic rings. The van der Waals surface area contributed by atoms with Crippen LogP contribution in [0.2, 0.25) is 0 Å². The summed E-state index contributed by atoms with van der Waals surface area (Å²) >= 11 is 0. The number of benzene rings is 2. The van der Waals surface area contributed by atoms with Crippen LogP contribution in [-0.4, -0.2) is 28.0 Å². The minimum atomic E-state index is -0.570. The van der Waals surface area contributed by atoms with Gasteiger partial charge in [0.15, 0.2) is 0 Å². The Kier molecular flexibility index (Phi) is 6.14. The molecule has 3 rings (SSSR count). The smallest absolute Gasteiger partial charge is 0.232 e. The molecule has 7 heteroatoms. The fourth-order valence-electron chi connectivity index (χ4n) is 2.77. The van der Waals surface area contributed by atoms with Crippen LogP contribution in [0.25, 0.3) is 0 Å². The van der Waals surface area contributed by atoms with Crippen molar-refractivity contribution in [2.45, 2.75) is 32.6 Å². The molecule has 27 heavy (non-hydrogen) atoms. The van der Waals surface area contributed by atoms with Crippen LogP contribution in [0.5, 0.6) is 5.75 Å². The highest BCUT2D eigenvalue weighted by atomic mass is 16.5. The molecule has 0 saturated carbocycles. The van der Waals surface area contributed by atoms with Crippen molar-refractivity contribution in [2.24, 2.45) is 0 Å². The molecule has 0 bridgehead atoms. The van der Waals surface area contributed by atoms with Crippen LogP contribution < -0.4 is 15.2 Å². The summed E-state index contributed by atoms with van der Waals surface area (Å²) in [6.45, 7) is 4.63. The van der Waals surface area contributed by atoms with Gasteiger partial charge in [0.2, 0.25) is 5.91 Å². The first kappa shape index (κ1) is 18.6. The van der Waals surface area contributed by atoms with Gasteiger partial charge in [-0.15, -0.1) is 0 Å². The lowest BCUT2D eigenvalue weighted by Crippen LogP contribution is -2.24. The van der Waals surface area contributed by atoms with Gasteiger partial charge in [0.1, 0.15) is 5.75 Å². The SMILES string of the molecule is CCOc1ccc(NC(=O)[C@H](Cc2ccc(CC)cc2)c2nnn[n-]2)cc1. The number of nitrogens with one attached hydrogen (secondary N) is 1. The molecule has 0 saturated heterocycles. The molecule has 0 fully saturated rings. The molecule has 1 aromatic heterocycles. The maximum Gasteiger partial charge on any atom is 0.232 e. The van der Waals surface area contributed by atoms with E-state index in [9.17, 15) is 4.79 Å². The Bertz CT molecular complexity index is 845. The minimum Gasteiger partial charge on any atom is -0.494 e. The summed E-state index contributed by atoms with van der Waals surface area (Å²) in [5.41, 5.74) is 2.97. The van der Waals surface area contributed by atoms with Crippen LogP contribution in [0.15, 0.2) is 48.5 Å². The number of tetrazole rings is 1. The lowest BCUT2D eigenvalue weighted by Gasteiger charge is -2.17. The van der Waals surface area contributed by atoms with E-state index < -0.39 is 5.92 Å². The van der Waals surface area contributed by atoms with Gasteiger partial charge in [0.25, 0.3) is 0 Å². The van der Waals surface area contributed by atoms with Gasteiger partial charge < -0.3 is 15.2 Å². The number of rotatable bonds is 8. The summed E-state index contributed by atoms with van der Waals surface area (Å²) in [5, 5.41) is 17.8. The predicted molar refractivity (Wildman–Crippen MR) is 102 cm³/mol. The zero-order valence-corrected chi connectivity index (χ0v) is 15.4. The Morgan fingerprint density at radius 2 is 1.78 bits per heavy atom. The van der Waals surface area contributed by atoms with Gasteiger partial charge in [-0.05, 0) is 55.2 Å². The summed E-state index contributed by atoms with van der Waals surface area (Å²) in [6.07, 6.45) is 1.45. The third kappa shape index (κ3) is 4.91. The Balaban J connectivity index is 1.74. The van der Waals surface area contributed by atoms with Crippen molar-refractivity contribution < 1.29 is 9.53 Å². The second kappa shape index (κ2) is 8.93. The number of anilines is 1. The molecule has 0 aliphatic heterocycles. The van der Waals surface area contributed by atoms with Crippen molar-refractivity contribution in [2.75, 3.05) is 11.9 Å². The summed E-state index contributed by atoms with van der Waals surface area (Å²) in [4.78, 5) is 12.9. The third-order valence-electron chi connectivity index (χ3n) is 4.27. The Morgan fingerprint density at radius 1 is 1.07 bits per heavy atom. The molecule has 7 nitrogen and oxygen atoms in total. The fraction of sp³-hybridized carbons (Fsp3) is 0.300. The summed E-state index contributed by atoms with van der Waals surface area (Å²) in [5.74, 6) is 0.307. The molecular formula is C20H22N5O2-. The van der Waals surface area contributed by atoms with Gasteiger partial charge in [0, 0.05) is 11.5 Å². The molecular weight excluding hydrogens is 342 g/mol. The predicted octanol–water partition coefficient (Wildman–Crippen LogP) is 2.75. The zero-order valence-electron chi connectivity index (χ0n) is 15.4. The van der Waals surface area contributed by atoms with E-state index >= 15 is 0 Å². The van der Waals surface area contributed by atoms with Crippen molar-refractivity contribution in [1.82, 2.24) is 20.6 Å². The van der Waals surface area contributed by atoms with E-state index in [1.807, 2.05) is 31.2 Å². The lowest BCUT2D eigenvalue weighted by atomic mass is 9.96. The number of aromatic nitrogens is 4. The summed E-state index contributed by atoms with van der Waals surface area (Å²) in [6, 6.07) is 15.4. The molecule has 140 valence electrons. The highest BCUT2D eigenvalue weighted by Gasteiger charge is 2.21. The van der Waals surface area contributed by atoms with Crippen molar-refractivity contribution in [3.8, 4) is 5.75 Å². The molecule has 1 atom stereocenters. The van der Waals surface area contributed by atoms with Crippen molar-refractivity contribution >= 4 is 11.6 Å². The Labute approximate surface area is 158 Å². The summed E-state index contributed by atoms with van der Waals surface area (Å²) < 4.78 is 5.42. The van der Waals surface area contributed by atoms with Gasteiger partial charge in [-0.3, -0.25) is 15.1 Å². The van der Waals surface area contributed by atoms with E-state index in [4.69, 9.17) is 4.74 Å². The van der Waals surface area contributed by atoms with Crippen LogP contribution in [0.4, 0.5) is 5.69 Å². The van der Waals surface area contributed by atoms with Crippen LogP contribution in [-0.2, 0) is 17.6 Å². The number of hydrogen-bond donors (Lipinski definition) is 1. The topological polar surface area (TPSA) is 91.1 Å². The monoisotopic (exact) mass is 364 g/mol. The zero-order chi connectivity index (χ0) is 19.1. The Morgan fingerprint density at radius 3 is 2.37 bits per heavy atom. The number of amides is 1. The first-order valence-electron chi connectivity index (χ1n) is 8.99. The van der Waals surface area contributed by atoms with Crippen LogP contribution in [0, 0.1) is 0 Å². The van der Waals surface area contributed by atoms with E-state index in [1.54, 1.807) is 12.1 Å². The number of ether oxygens (including phenoxy) is 1. The standard InChI is InChI=1S/C20H23N5O2/c1-3-14-5-7-15(8-6-14)13-18(19-22-24-25-23-19)20(26)21-16-9-11-17(12-10-16)27-4-2/h5-12,18H,3-4,13H2,1-2H3,(H2,21,22,23,24,25,26)/p-1/t18-/m1/s1. The van der Waals surface area contributed by atoms with E-state index in [2.05, 4.69) is 45.0 Å². The highest BCUT2D eigenvalue weighted by Crippen LogP contribution is 2.21. The van der Waals surface area contributed by atoms with E-state index in [0.717, 1.165) is 17.7 Å². The maximum absolute atomic E-state index is 12.9. The maximum atomic E-state index is 12.9. The average molecular weight is 364 g/mol. The van der Waals surface area contributed by atoms with Crippen molar-refractivity contribution in [3.05, 3.63) is 65.5 Å². The first-order chi connectivity index (χ1) is 13.2. The number of hydrogen-bond acceptors (Lipinski definition) is 5. The molecule has 2 aromatic carbocycles. The second-order valence-corrected chi connectivity index (χ2v) is 6.11. The van der Waals surface area contributed by atoms with Gasteiger partial charge in [-0.1, -0.05) is 31.2 Å². The van der Waals surface area contributed by atoms with E-state index in [0.29, 0.717) is 24.5 Å². The van der Waals surface area contributed by atoms with Crippen LogP contribution in [0.3, 0.4) is 0 Å². The molecule has 1 amide bonds. The summed E-state index contributed by atoms with van der Waals surface area (Å²) in [7, 11) is 0. The van der Waals surface area contributed by atoms with E-state index in [1.165, 1.54) is 5.56 Å². The van der Waals surface area contributed by atoms with Gasteiger partial charge in [-0.2, -0.15) is 5.21 Å². The van der Waals surface area contributed by atoms with Gasteiger partial charge >= 0.3 is 0 Å². The number of aryl methyl sites for hydroxylation is 1. The number of nitrogens with zero attached hydrogens (tertiary/aromatic N) is 4. The third-order valence-corrected chi connectivity index (χ3v) is 4.27. The molecule has 0 aliphatic rings. The minimum absolute atomic E-state index is 0.200. The van der Waals surface area contributed by atoms with Gasteiger partial charge in [0.05, 0.1) is 12.5 Å². The van der Waals surface area contributed by atoms with Crippen LogP contribution >= 0.6 is 0 Å². The van der Waals surface area contributed by atoms with E-state index in [-0.39, 0.29) is 5.91 Å². The quantitative estimate of drug-likeness (QED) is 0.661. The molecule has 1 heterocycles. The second-order valence-electron chi connectivity index (χ2n) is 6.11. The largest absolute Gasteiger partial charge is 0.494 e. The normalized spacial score (nSPS) is 11.8. The molecule has 0 spiro atoms. The molecule has 1 N–H and O–H groups in total. The molecule has 0 radical (unpaired) electrons. The fourth-order valence-corrected chi connectivity index (χ4v) is 2.77. The van der Waals surface area contributed by atoms with Gasteiger partial charge in [-0.25, -0.2) is 0 Å². The Hall–Kier alpha value is -3.22. The van der Waals surface area contributed by atoms with Crippen molar-refractivity contribution in [1.29, 1.82) is 0 Å².